The van der Waals surface area contributed by atoms with Gasteiger partial charge in [-0.3, -0.25) is 18.5 Å². The Balaban J connectivity index is 1.88. The molecule has 1 saturated heterocycles. The number of hydrogen-bond acceptors (Lipinski definition) is 5. The molecule has 3 aromatic rings. The topological polar surface area (TPSA) is 77.1 Å². The fourth-order valence-electron chi connectivity index (χ4n) is 3.62. The Labute approximate surface area is 171 Å². The third kappa shape index (κ3) is 3.49. The standard InChI is InChI=1S/C18H21F3N6O2S/c1-24-15-14(16(28)25(2)18(24)29)27(17(23-15)26-9-7-22-8-10-26)11-12-3-5-13(6-4-12)30(19,20)21/h3-6,22H,7-11H2,1-2H3. The maximum atomic E-state index is 13.0. The van der Waals surface area contributed by atoms with Crippen LogP contribution in [0.25, 0.3) is 11.2 Å². The first-order valence-electron chi connectivity index (χ1n) is 9.31. The summed E-state index contributed by atoms with van der Waals surface area (Å²) in [6, 6.07) is 4.94. The van der Waals surface area contributed by atoms with Crippen molar-refractivity contribution in [3.63, 3.8) is 0 Å². The van der Waals surface area contributed by atoms with Crippen LogP contribution in [0.2, 0.25) is 0 Å². The molecule has 1 aliphatic rings. The maximum Gasteiger partial charge on any atom is 0.332 e. The van der Waals surface area contributed by atoms with E-state index < -0.39 is 27.3 Å². The van der Waals surface area contributed by atoms with Crippen molar-refractivity contribution >= 4 is 28.3 Å². The lowest BCUT2D eigenvalue weighted by molar-refractivity contribution is 0.571. The molecule has 0 atom stereocenters. The van der Waals surface area contributed by atoms with Crippen LogP contribution in [0, 0.1) is 0 Å². The summed E-state index contributed by atoms with van der Waals surface area (Å²) >= 11 is -5.29. The predicted octanol–water partition coefficient (Wildman–Crippen LogP) is 1.71. The van der Waals surface area contributed by atoms with Crippen LogP contribution in [-0.2, 0) is 20.6 Å². The number of halogens is 3. The highest BCUT2D eigenvalue weighted by atomic mass is 32.3. The molecule has 1 aliphatic heterocycles. The van der Waals surface area contributed by atoms with Gasteiger partial charge in [-0.2, -0.15) is 4.98 Å². The van der Waals surface area contributed by atoms with Gasteiger partial charge in [0, 0.05) is 40.3 Å². The lowest BCUT2D eigenvalue weighted by Gasteiger charge is -2.28. The number of aryl methyl sites for hydroxylation is 1. The molecule has 0 radical (unpaired) electrons. The van der Waals surface area contributed by atoms with Gasteiger partial charge in [-0.25, -0.2) is 4.79 Å². The van der Waals surface area contributed by atoms with Crippen molar-refractivity contribution in [1.82, 2.24) is 24.0 Å². The molecular formula is C18H21F3N6O2S. The molecule has 1 fully saturated rings. The average Bonchev–Trinajstić information content (AvgIpc) is 3.10. The van der Waals surface area contributed by atoms with E-state index >= 15 is 0 Å². The van der Waals surface area contributed by atoms with Crippen LogP contribution in [0.3, 0.4) is 0 Å². The van der Waals surface area contributed by atoms with Crippen molar-refractivity contribution in [2.45, 2.75) is 11.4 Å². The second kappa shape index (κ2) is 7.51. The van der Waals surface area contributed by atoms with Gasteiger partial charge in [0.25, 0.3) is 5.56 Å². The zero-order valence-corrected chi connectivity index (χ0v) is 17.3. The summed E-state index contributed by atoms with van der Waals surface area (Å²) in [4.78, 5) is 31.2. The van der Waals surface area contributed by atoms with Crippen molar-refractivity contribution in [1.29, 1.82) is 0 Å². The number of imidazole rings is 1. The minimum atomic E-state index is -5.29. The number of piperazine rings is 1. The Kier molecular flexibility index (Phi) is 5.14. The fraction of sp³-hybridized carbons (Fsp3) is 0.389. The molecule has 3 heterocycles. The third-order valence-corrected chi connectivity index (χ3v) is 6.07. The first-order valence-corrected chi connectivity index (χ1v) is 10.6. The molecule has 2 aromatic heterocycles. The van der Waals surface area contributed by atoms with Gasteiger partial charge in [0.2, 0.25) is 17.1 Å². The van der Waals surface area contributed by atoms with E-state index in [2.05, 4.69) is 10.3 Å². The number of anilines is 1. The Morgan fingerprint density at radius 1 is 1.03 bits per heavy atom. The van der Waals surface area contributed by atoms with Crippen LogP contribution in [-0.4, -0.2) is 44.9 Å². The molecule has 0 saturated carbocycles. The Morgan fingerprint density at radius 3 is 2.27 bits per heavy atom. The van der Waals surface area contributed by atoms with Crippen molar-refractivity contribution in [3.8, 4) is 0 Å². The molecule has 30 heavy (non-hydrogen) atoms. The van der Waals surface area contributed by atoms with Gasteiger partial charge in [-0.05, 0) is 17.7 Å². The summed E-state index contributed by atoms with van der Waals surface area (Å²) in [6.45, 7) is 2.96. The van der Waals surface area contributed by atoms with E-state index in [1.807, 2.05) is 4.90 Å². The molecule has 0 bridgehead atoms. The molecule has 0 aliphatic carbocycles. The average molecular weight is 442 g/mol. The van der Waals surface area contributed by atoms with Crippen LogP contribution in [0.4, 0.5) is 17.6 Å². The molecule has 1 N–H and O–H groups in total. The van der Waals surface area contributed by atoms with E-state index in [0.717, 1.165) is 29.8 Å². The van der Waals surface area contributed by atoms with Gasteiger partial charge in [0.1, 0.15) is 0 Å². The Bertz CT molecular complexity index is 1210. The zero-order chi connectivity index (χ0) is 21.6. The lowest BCUT2D eigenvalue weighted by atomic mass is 10.2. The molecule has 0 amide bonds. The van der Waals surface area contributed by atoms with Gasteiger partial charge >= 0.3 is 5.69 Å². The van der Waals surface area contributed by atoms with Crippen molar-refractivity contribution in [3.05, 3.63) is 50.7 Å². The number of rotatable bonds is 4. The second-order valence-corrected chi connectivity index (χ2v) is 8.45. The predicted molar refractivity (Wildman–Crippen MR) is 110 cm³/mol. The molecule has 4 rings (SSSR count). The van der Waals surface area contributed by atoms with E-state index in [1.54, 1.807) is 11.6 Å². The van der Waals surface area contributed by atoms with Gasteiger partial charge in [0.05, 0.1) is 11.4 Å². The van der Waals surface area contributed by atoms with E-state index in [1.165, 1.54) is 23.7 Å². The lowest BCUT2D eigenvalue weighted by Crippen LogP contribution is -2.44. The Morgan fingerprint density at radius 2 is 1.67 bits per heavy atom. The Hall–Kier alpha value is -2.73. The monoisotopic (exact) mass is 442 g/mol. The van der Waals surface area contributed by atoms with Crippen molar-refractivity contribution in [2.24, 2.45) is 14.1 Å². The summed E-state index contributed by atoms with van der Waals surface area (Å²) in [5.74, 6) is 0.523. The first-order chi connectivity index (χ1) is 14.2. The van der Waals surface area contributed by atoms with Crippen LogP contribution < -0.4 is 21.5 Å². The minimum Gasteiger partial charge on any atom is -0.340 e. The first kappa shape index (κ1) is 20.5. The van der Waals surface area contributed by atoms with Crippen molar-refractivity contribution in [2.75, 3.05) is 31.1 Å². The van der Waals surface area contributed by atoms with E-state index in [-0.39, 0.29) is 17.7 Å². The van der Waals surface area contributed by atoms with Gasteiger partial charge in [-0.1, -0.05) is 12.1 Å². The largest absolute Gasteiger partial charge is 0.340 e. The minimum absolute atomic E-state index is 0.163. The summed E-state index contributed by atoms with van der Waals surface area (Å²) < 4.78 is 42.9. The maximum absolute atomic E-state index is 13.0. The summed E-state index contributed by atoms with van der Waals surface area (Å²) in [5.41, 5.74) is 0.139. The number of benzene rings is 1. The highest BCUT2D eigenvalue weighted by Crippen LogP contribution is 2.60. The van der Waals surface area contributed by atoms with Gasteiger partial charge in [0.15, 0.2) is 11.2 Å². The molecular weight excluding hydrogens is 421 g/mol. The third-order valence-electron chi connectivity index (χ3n) is 5.26. The SMILES string of the molecule is Cn1c(=O)c2c(nc(N3CCNCC3)n2Cc2ccc(S(F)(F)F)cc2)n(C)c1=O. The quantitative estimate of drug-likeness (QED) is 0.666. The molecule has 162 valence electrons. The highest BCUT2D eigenvalue weighted by molar-refractivity contribution is 8.20. The highest BCUT2D eigenvalue weighted by Gasteiger charge is 2.25. The molecule has 0 unspecified atom stereocenters. The van der Waals surface area contributed by atoms with E-state index in [4.69, 9.17) is 0 Å². The molecule has 12 heteroatoms. The summed E-state index contributed by atoms with van der Waals surface area (Å²) in [6.07, 6.45) is 0. The number of nitrogens with zero attached hydrogens (tertiary/aromatic N) is 5. The van der Waals surface area contributed by atoms with Crippen LogP contribution in [0.5, 0.6) is 0 Å². The normalized spacial score (nSPS) is 15.7. The zero-order valence-electron chi connectivity index (χ0n) is 16.4. The number of aromatic nitrogens is 4. The second-order valence-electron chi connectivity index (χ2n) is 7.16. The fourth-order valence-corrected chi connectivity index (χ4v) is 4.07. The van der Waals surface area contributed by atoms with Crippen LogP contribution in [0.15, 0.2) is 38.8 Å². The molecule has 1 aromatic carbocycles. The van der Waals surface area contributed by atoms with Crippen LogP contribution >= 0.6 is 11.2 Å². The van der Waals surface area contributed by atoms with E-state index in [9.17, 15) is 21.2 Å². The number of nitrogens with one attached hydrogen (secondary N) is 1. The smallest absolute Gasteiger partial charge is 0.332 e. The van der Waals surface area contributed by atoms with Crippen LogP contribution in [0.1, 0.15) is 5.56 Å². The molecule has 0 spiro atoms. The van der Waals surface area contributed by atoms with E-state index in [0.29, 0.717) is 24.6 Å². The number of fused-ring (bicyclic) bond motifs is 1. The summed E-state index contributed by atoms with van der Waals surface area (Å²) in [5, 5.41) is 3.24. The van der Waals surface area contributed by atoms with Gasteiger partial charge < -0.3 is 10.2 Å². The van der Waals surface area contributed by atoms with Gasteiger partial charge in [-0.15, -0.1) is 11.7 Å². The summed E-state index contributed by atoms with van der Waals surface area (Å²) in [7, 11) is 2.94. The molecule has 8 nitrogen and oxygen atoms in total. The number of hydrogen-bond donors (Lipinski definition) is 1. The van der Waals surface area contributed by atoms with Crippen molar-refractivity contribution < 1.29 is 11.7 Å².